The first-order valence-electron chi connectivity index (χ1n) is 19.5. The third-order valence-corrected chi connectivity index (χ3v) is 11.4. The molecule has 59 heavy (non-hydrogen) atoms. The summed E-state index contributed by atoms with van der Waals surface area (Å²) < 4.78 is 11.3. The van der Waals surface area contributed by atoms with Crippen LogP contribution in [0.25, 0.3) is 111 Å². The van der Waals surface area contributed by atoms with Crippen LogP contribution in [0.4, 0.5) is 0 Å². The fourth-order valence-electron chi connectivity index (χ4n) is 8.86. The Morgan fingerprint density at radius 2 is 0.983 bits per heavy atom. The summed E-state index contributed by atoms with van der Waals surface area (Å²) >= 11 is 0. The topological polar surface area (TPSA) is 85.5 Å². The maximum absolute atomic E-state index is 10.9. The molecule has 274 valence electrons. The summed E-state index contributed by atoms with van der Waals surface area (Å²) in [4.78, 5) is 14.7. The molecule has 0 amide bonds. The predicted octanol–water partition coefficient (Wildman–Crippen LogP) is 12.8. The molecule has 0 aliphatic heterocycles. The lowest BCUT2D eigenvalue weighted by Gasteiger charge is -2.12. The molecule has 0 unspecified atom stereocenters. The van der Waals surface area contributed by atoms with Gasteiger partial charge in [0.15, 0.2) is 17.5 Å². The van der Waals surface area contributed by atoms with Crippen LogP contribution in [0.15, 0.2) is 186 Å². The second-order valence-electron chi connectivity index (χ2n) is 14.7. The first-order valence-corrected chi connectivity index (χ1v) is 19.5. The van der Waals surface area contributed by atoms with Crippen molar-refractivity contribution < 1.29 is 4.42 Å². The molecule has 0 saturated carbocycles. The molecular formula is C52H30N6O. The summed E-state index contributed by atoms with van der Waals surface area (Å²) in [6, 6.07) is 64.2. The van der Waals surface area contributed by atoms with Gasteiger partial charge in [0.1, 0.15) is 17.2 Å². The first kappa shape index (κ1) is 32.9. The molecule has 4 heterocycles. The molecule has 0 radical (unpaired) electrons. The lowest BCUT2D eigenvalue weighted by Crippen LogP contribution is -2.02. The van der Waals surface area contributed by atoms with Crippen LogP contribution in [-0.4, -0.2) is 24.1 Å². The van der Waals surface area contributed by atoms with E-state index in [2.05, 4.69) is 118 Å². The summed E-state index contributed by atoms with van der Waals surface area (Å²) in [6.07, 6.45) is 0. The van der Waals surface area contributed by atoms with Gasteiger partial charge >= 0.3 is 0 Å². The van der Waals surface area contributed by atoms with Gasteiger partial charge in [0.2, 0.25) is 0 Å². The minimum atomic E-state index is 0.493. The molecule has 7 heteroatoms. The van der Waals surface area contributed by atoms with E-state index in [-0.39, 0.29) is 0 Å². The minimum Gasteiger partial charge on any atom is -0.456 e. The van der Waals surface area contributed by atoms with Gasteiger partial charge in [-0.25, -0.2) is 15.0 Å². The van der Waals surface area contributed by atoms with E-state index in [1.807, 2.05) is 78.9 Å². The highest BCUT2D eigenvalue weighted by Gasteiger charge is 2.24. The molecule has 0 saturated heterocycles. The van der Waals surface area contributed by atoms with Crippen LogP contribution in [0, 0.1) is 11.3 Å². The molecule has 12 rings (SSSR count). The Balaban J connectivity index is 1.12. The zero-order valence-electron chi connectivity index (χ0n) is 31.4. The Hall–Kier alpha value is -8.34. The van der Waals surface area contributed by atoms with Crippen LogP contribution < -0.4 is 0 Å². The summed E-state index contributed by atoms with van der Waals surface area (Å²) in [6.45, 7) is 0. The number of nitriles is 1. The summed E-state index contributed by atoms with van der Waals surface area (Å²) in [5.41, 5.74) is 10.7. The Kier molecular flexibility index (Phi) is 7.16. The highest BCUT2D eigenvalue weighted by molar-refractivity contribution is 6.33. The van der Waals surface area contributed by atoms with Crippen molar-refractivity contribution in [3.05, 3.63) is 188 Å². The number of nitrogens with zero attached hydrogens (tertiary/aromatic N) is 6. The van der Waals surface area contributed by atoms with Crippen LogP contribution in [0.2, 0.25) is 0 Å². The normalized spacial score (nSPS) is 11.7. The van der Waals surface area contributed by atoms with Crippen LogP contribution in [0.5, 0.6) is 0 Å². The molecule has 8 aromatic carbocycles. The van der Waals surface area contributed by atoms with Crippen molar-refractivity contribution in [2.45, 2.75) is 0 Å². The van der Waals surface area contributed by atoms with E-state index >= 15 is 0 Å². The van der Waals surface area contributed by atoms with Crippen molar-refractivity contribution in [1.29, 1.82) is 5.26 Å². The Morgan fingerprint density at radius 1 is 0.424 bits per heavy atom. The van der Waals surface area contributed by atoms with Crippen molar-refractivity contribution in [1.82, 2.24) is 24.1 Å². The number of hydrogen-bond acceptors (Lipinski definition) is 5. The lowest BCUT2D eigenvalue weighted by molar-refractivity contribution is 0.669. The standard InChI is InChI=1S/C52H30N6O/c53-31-35-30-34(52-55-50(32-14-4-1-5-15-32)54-51(56-52)33-16-6-2-7-17-33)24-26-40(35)58-42-23-13-11-21-39(42)46-43(58)27-29-44-47(46)48-45(59-44)28-25-38-37-20-10-12-22-41(37)57(49(38)48)36-18-8-3-9-19-36/h1-30H. The average Bonchev–Trinajstić information content (AvgIpc) is 3.97. The maximum atomic E-state index is 10.9. The van der Waals surface area contributed by atoms with Crippen molar-refractivity contribution in [3.8, 4) is 51.6 Å². The molecule has 0 atom stereocenters. The SMILES string of the molecule is N#Cc1cc(-c2nc(-c3ccccc3)nc(-c3ccccc3)n2)ccc1-n1c2ccccc2c2c3c(ccc21)oc1ccc2c4ccccc4n(-c4ccccc4)c2c13. The van der Waals surface area contributed by atoms with Gasteiger partial charge in [0.25, 0.3) is 0 Å². The molecule has 0 fully saturated rings. The molecule has 0 N–H and O–H groups in total. The van der Waals surface area contributed by atoms with E-state index < -0.39 is 0 Å². The molecular weight excluding hydrogens is 725 g/mol. The van der Waals surface area contributed by atoms with Crippen LogP contribution >= 0.6 is 0 Å². The van der Waals surface area contributed by atoms with Gasteiger partial charge in [-0.05, 0) is 66.7 Å². The van der Waals surface area contributed by atoms with Crippen LogP contribution in [0.1, 0.15) is 5.56 Å². The highest BCUT2D eigenvalue weighted by Crippen LogP contribution is 2.46. The number of aromatic nitrogens is 5. The highest BCUT2D eigenvalue weighted by atomic mass is 16.3. The molecule has 4 aromatic heterocycles. The number of benzene rings is 8. The number of hydrogen-bond donors (Lipinski definition) is 0. The van der Waals surface area contributed by atoms with E-state index in [0.29, 0.717) is 23.0 Å². The number of fused-ring (bicyclic) bond motifs is 11. The van der Waals surface area contributed by atoms with Gasteiger partial charge in [-0.2, -0.15) is 5.26 Å². The summed E-state index contributed by atoms with van der Waals surface area (Å²) in [7, 11) is 0. The van der Waals surface area contributed by atoms with Crippen molar-refractivity contribution in [2.24, 2.45) is 0 Å². The van der Waals surface area contributed by atoms with E-state index in [0.717, 1.165) is 88.2 Å². The van der Waals surface area contributed by atoms with Gasteiger partial charge in [-0.3, -0.25) is 0 Å². The third kappa shape index (κ3) is 4.97. The summed E-state index contributed by atoms with van der Waals surface area (Å²) in [5.74, 6) is 1.62. The third-order valence-electron chi connectivity index (χ3n) is 11.4. The monoisotopic (exact) mass is 754 g/mol. The number of para-hydroxylation sites is 3. The predicted molar refractivity (Wildman–Crippen MR) is 237 cm³/mol. The molecule has 0 spiro atoms. The van der Waals surface area contributed by atoms with Gasteiger partial charge < -0.3 is 13.6 Å². The second kappa shape index (κ2) is 12.8. The van der Waals surface area contributed by atoms with Crippen molar-refractivity contribution >= 4 is 65.6 Å². The van der Waals surface area contributed by atoms with Gasteiger partial charge in [-0.1, -0.05) is 115 Å². The van der Waals surface area contributed by atoms with Gasteiger partial charge in [-0.15, -0.1) is 0 Å². The van der Waals surface area contributed by atoms with E-state index in [1.54, 1.807) is 0 Å². The molecule has 0 aliphatic carbocycles. The van der Waals surface area contributed by atoms with Crippen molar-refractivity contribution in [3.63, 3.8) is 0 Å². The number of furan rings is 1. The molecule has 12 aromatic rings. The van der Waals surface area contributed by atoms with Crippen LogP contribution in [0.3, 0.4) is 0 Å². The fraction of sp³-hybridized carbons (Fsp3) is 0. The quantitative estimate of drug-likeness (QED) is 0.175. The first-order chi connectivity index (χ1) is 29.2. The second-order valence-corrected chi connectivity index (χ2v) is 14.7. The van der Waals surface area contributed by atoms with E-state index in [1.165, 1.54) is 5.39 Å². The largest absolute Gasteiger partial charge is 0.456 e. The lowest BCUT2D eigenvalue weighted by atomic mass is 10.0. The molecule has 0 aliphatic rings. The Bertz CT molecular complexity index is 3610. The average molecular weight is 755 g/mol. The van der Waals surface area contributed by atoms with Gasteiger partial charge in [0, 0.05) is 49.3 Å². The maximum Gasteiger partial charge on any atom is 0.164 e. The fourth-order valence-corrected chi connectivity index (χ4v) is 8.86. The van der Waals surface area contributed by atoms with E-state index in [9.17, 15) is 5.26 Å². The number of rotatable bonds is 5. The minimum absolute atomic E-state index is 0.493. The zero-order valence-corrected chi connectivity index (χ0v) is 31.4. The Labute approximate surface area is 337 Å². The summed E-state index contributed by atoms with van der Waals surface area (Å²) in [5, 5.41) is 17.4. The molecule has 0 bridgehead atoms. The van der Waals surface area contributed by atoms with Gasteiger partial charge in [0.05, 0.1) is 38.7 Å². The van der Waals surface area contributed by atoms with Crippen molar-refractivity contribution in [2.75, 3.05) is 0 Å². The van der Waals surface area contributed by atoms with Crippen LogP contribution in [-0.2, 0) is 0 Å². The zero-order chi connectivity index (χ0) is 39.0. The van der Waals surface area contributed by atoms with E-state index in [4.69, 9.17) is 19.4 Å². The smallest absolute Gasteiger partial charge is 0.164 e. The molecule has 7 nitrogen and oxygen atoms in total. The Morgan fingerprint density at radius 3 is 1.66 bits per heavy atom.